The van der Waals surface area contributed by atoms with Gasteiger partial charge in [-0.15, -0.1) is 0 Å². The van der Waals surface area contributed by atoms with Crippen LogP contribution in [0, 0.1) is 0 Å². The Hall–Kier alpha value is -1.30. The van der Waals surface area contributed by atoms with E-state index in [0.717, 1.165) is 5.56 Å². The molecule has 0 fully saturated rings. The van der Waals surface area contributed by atoms with E-state index in [2.05, 4.69) is 23.6 Å². The van der Waals surface area contributed by atoms with E-state index in [1.165, 1.54) is 12.1 Å². The van der Waals surface area contributed by atoms with Crippen LogP contribution >= 0.6 is 23.2 Å². The maximum absolute atomic E-state index is 12.3. The second-order valence-corrected chi connectivity index (χ2v) is 7.20. The van der Waals surface area contributed by atoms with Crippen molar-refractivity contribution in [2.24, 2.45) is 0 Å². The van der Waals surface area contributed by atoms with Crippen molar-refractivity contribution in [2.45, 2.75) is 24.7 Å². The highest BCUT2D eigenvalue weighted by Crippen LogP contribution is 2.24. The fourth-order valence-corrected chi connectivity index (χ4v) is 3.47. The van der Waals surface area contributed by atoms with Crippen molar-refractivity contribution in [3.63, 3.8) is 0 Å². The van der Waals surface area contributed by atoms with Gasteiger partial charge >= 0.3 is 0 Å². The molecule has 0 saturated heterocycles. The summed E-state index contributed by atoms with van der Waals surface area (Å²) in [5, 5.41) is -0.0194. The highest BCUT2D eigenvalue weighted by atomic mass is 35.5. The predicted octanol–water partition coefficient (Wildman–Crippen LogP) is 4.31. The minimum atomic E-state index is -3.80. The lowest BCUT2D eigenvalue weighted by molar-refractivity contribution is 0.601. The van der Waals surface area contributed by atoms with Crippen LogP contribution in [0.3, 0.4) is 0 Å². The van der Waals surface area contributed by atoms with Gasteiger partial charge in [0.1, 0.15) is 10.0 Å². The van der Waals surface area contributed by atoms with Crippen LogP contribution in [0.4, 0.5) is 5.69 Å². The van der Waals surface area contributed by atoms with Gasteiger partial charge in [-0.3, -0.25) is 4.72 Å². The molecule has 0 unspecified atom stereocenters. The second kappa shape index (κ2) is 6.22. The minimum absolute atomic E-state index is 0.110. The number of benzene rings is 1. The molecule has 2 aromatic rings. The van der Waals surface area contributed by atoms with Gasteiger partial charge in [-0.05, 0) is 35.7 Å². The van der Waals surface area contributed by atoms with Crippen LogP contribution < -0.4 is 4.72 Å². The quantitative estimate of drug-likeness (QED) is 0.840. The van der Waals surface area contributed by atoms with Gasteiger partial charge in [0.05, 0.1) is 0 Å². The Morgan fingerprint density at radius 2 is 1.67 bits per heavy atom. The number of pyridine rings is 1. The summed E-state index contributed by atoms with van der Waals surface area (Å²) in [7, 11) is -3.80. The van der Waals surface area contributed by atoms with Gasteiger partial charge in [-0.2, -0.15) is 0 Å². The van der Waals surface area contributed by atoms with Gasteiger partial charge in [0, 0.05) is 5.69 Å². The van der Waals surface area contributed by atoms with Crippen LogP contribution in [0.1, 0.15) is 25.3 Å². The van der Waals surface area contributed by atoms with Crippen LogP contribution in [-0.2, 0) is 10.0 Å². The molecule has 112 valence electrons. The first kappa shape index (κ1) is 16.1. The zero-order valence-electron chi connectivity index (χ0n) is 11.5. The Labute approximate surface area is 134 Å². The molecule has 0 aliphatic heterocycles. The maximum atomic E-state index is 12.3. The van der Waals surface area contributed by atoms with Gasteiger partial charge in [0.25, 0.3) is 10.0 Å². The lowest BCUT2D eigenvalue weighted by Gasteiger charge is -2.11. The molecule has 0 spiro atoms. The molecule has 0 atom stereocenters. The van der Waals surface area contributed by atoms with E-state index in [9.17, 15) is 8.42 Å². The molecule has 2 rings (SSSR count). The van der Waals surface area contributed by atoms with Crippen molar-refractivity contribution in [1.82, 2.24) is 4.98 Å². The van der Waals surface area contributed by atoms with E-state index in [1.54, 1.807) is 12.1 Å². The van der Waals surface area contributed by atoms with Crippen LogP contribution in [-0.4, -0.2) is 13.4 Å². The van der Waals surface area contributed by atoms with Crippen molar-refractivity contribution in [2.75, 3.05) is 4.72 Å². The van der Waals surface area contributed by atoms with Crippen molar-refractivity contribution < 1.29 is 8.42 Å². The number of sulfonamides is 1. The summed E-state index contributed by atoms with van der Waals surface area (Å²) in [6, 6.07) is 9.88. The lowest BCUT2D eigenvalue weighted by atomic mass is 10.0. The van der Waals surface area contributed by atoms with Crippen LogP contribution in [0.5, 0.6) is 0 Å². The Balaban J connectivity index is 2.28. The van der Waals surface area contributed by atoms with Crippen LogP contribution in [0.15, 0.2) is 41.3 Å². The SMILES string of the molecule is CC(C)c1ccc(NS(=O)(=O)c2ccc(Cl)nc2Cl)cc1. The molecule has 1 aromatic carbocycles. The average molecular weight is 345 g/mol. The molecule has 1 heterocycles. The smallest absolute Gasteiger partial charge is 0.264 e. The van der Waals surface area contributed by atoms with E-state index < -0.39 is 10.0 Å². The third kappa shape index (κ3) is 3.87. The van der Waals surface area contributed by atoms with Crippen LogP contribution in [0.2, 0.25) is 10.3 Å². The Bertz CT molecular complexity index is 744. The first-order valence-corrected chi connectivity index (χ1v) is 8.48. The van der Waals surface area contributed by atoms with Crippen molar-refractivity contribution in [1.29, 1.82) is 0 Å². The largest absolute Gasteiger partial charge is 0.280 e. The Morgan fingerprint density at radius 3 is 2.19 bits per heavy atom. The number of nitrogens with zero attached hydrogens (tertiary/aromatic N) is 1. The molecule has 7 heteroatoms. The Morgan fingerprint density at radius 1 is 1.05 bits per heavy atom. The minimum Gasteiger partial charge on any atom is -0.280 e. The van der Waals surface area contributed by atoms with Crippen molar-refractivity contribution in [3.8, 4) is 0 Å². The molecular formula is C14H14Cl2N2O2S. The summed E-state index contributed by atoms with van der Waals surface area (Å²) in [6.07, 6.45) is 0. The van der Waals surface area contributed by atoms with Gasteiger partial charge in [-0.25, -0.2) is 13.4 Å². The maximum Gasteiger partial charge on any atom is 0.264 e. The van der Waals surface area contributed by atoms with Gasteiger partial charge in [0.2, 0.25) is 0 Å². The molecule has 0 amide bonds. The number of hydrogen-bond acceptors (Lipinski definition) is 3. The summed E-state index contributed by atoms with van der Waals surface area (Å²) in [5.41, 5.74) is 1.59. The molecule has 4 nitrogen and oxygen atoms in total. The normalized spacial score (nSPS) is 11.7. The molecule has 0 radical (unpaired) electrons. The van der Waals surface area contributed by atoms with Gasteiger partial charge in [0.15, 0.2) is 5.15 Å². The molecule has 0 saturated carbocycles. The highest BCUT2D eigenvalue weighted by Gasteiger charge is 2.19. The van der Waals surface area contributed by atoms with E-state index in [-0.39, 0.29) is 15.2 Å². The monoisotopic (exact) mass is 344 g/mol. The standard InChI is InChI=1S/C14H14Cl2N2O2S/c1-9(2)10-3-5-11(6-4-10)18-21(19,20)12-7-8-13(15)17-14(12)16/h3-9,18H,1-2H3. The van der Waals surface area contributed by atoms with E-state index in [0.29, 0.717) is 11.6 Å². The zero-order chi connectivity index (χ0) is 15.6. The van der Waals surface area contributed by atoms with E-state index >= 15 is 0 Å². The molecule has 1 aromatic heterocycles. The zero-order valence-corrected chi connectivity index (χ0v) is 13.8. The first-order valence-electron chi connectivity index (χ1n) is 6.24. The summed E-state index contributed by atoms with van der Waals surface area (Å²) >= 11 is 11.5. The van der Waals surface area contributed by atoms with Crippen molar-refractivity contribution in [3.05, 3.63) is 52.3 Å². The predicted molar refractivity (Wildman–Crippen MR) is 85.6 cm³/mol. The third-order valence-corrected chi connectivity index (χ3v) is 4.92. The lowest BCUT2D eigenvalue weighted by Crippen LogP contribution is -2.14. The number of halogens is 2. The summed E-state index contributed by atoms with van der Waals surface area (Å²) in [4.78, 5) is 3.62. The number of anilines is 1. The molecule has 21 heavy (non-hydrogen) atoms. The summed E-state index contributed by atoms with van der Waals surface area (Å²) < 4.78 is 27.0. The van der Waals surface area contributed by atoms with Gasteiger partial charge in [-0.1, -0.05) is 49.2 Å². The summed E-state index contributed by atoms with van der Waals surface area (Å²) in [5.74, 6) is 0.380. The molecular weight excluding hydrogens is 331 g/mol. The number of nitrogens with one attached hydrogen (secondary N) is 1. The second-order valence-electron chi connectivity index (χ2n) is 4.81. The number of rotatable bonds is 4. The van der Waals surface area contributed by atoms with Crippen molar-refractivity contribution >= 4 is 38.9 Å². The highest BCUT2D eigenvalue weighted by molar-refractivity contribution is 7.92. The number of aromatic nitrogens is 1. The topological polar surface area (TPSA) is 59.1 Å². The fourth-order valence-electron chi connectivity index (χ4n) is 1.75. The Kier molecular flexibility index (Phi) is 4.76. The molecule has 0 aliphatic rings. The molecule has 0 aliphatic carbocycles. The van der Waals surface area contributed by atoms with E-state index in [4.69, 9.17) is 23.2 Å². The van der Waals surface area contributed by atoms with Gasteiger partial charge < -0.3 is 0 Å². The molecule has 0 bridgehead atoms. The average Bonchev–Trinajstić information content (AvgIpc) is 2.38. The summed E-state index contributed by atoms with van der Waals surface area (Å²) in [6.45, 7) is 4.14. The van der Waals surface area contributed by atoms with E-state index in [1.807, 2.05) is 12.1 Å². The van der Waals surface area contributed by atoms with Crippen LogP contribution in [0.25, 0.3) is 0 Å². The molecule has 1 N–H and O–H groups in total. The third-order valence-electron chi connectivity index (χ3n) is 2.90. The fraction of sp³-hybridized carbons (Fsp3) is 0.214. The number of hydrogen-bond donors (Lipinski definition) is 1. The first-order chi connectivity index (χ1) is 9.79.